The number of carbonyl (C=O) groups excluding carboxylic acids is 4. The van der Waals surface area contributed by atoms with Gasteiger partial charge in [-0.05, 0) is 31.7 Å². The lowest BCUT2D eigenvalue weighted by molar-refractivity contribution is -0.134. The summed E-state index contributed by atoms with van der Waals surface area (Å²) < 4.78 is 17.5. The number of aryl methyl sites for hydroxylation is 2. The molecule has 0 aliphatic heterocycles. The standard InChI is InChI=1S/C29H45N6O9P/c1-20(44-45(41,42)43)26(27(30)38)34-29(40)25(18-36)33-28(39)24(32-21(2)37)16-23-17-31-19-35(23)15-11-6-4-3-5-8-12-22-13-9-7-10-14-22/h7,9-10,13-14,17,19-20,24-26,36H,3-6,8,11-12,15-16,18H2,1-2H3,(H2,30,38)(H,32,37)(H,33,39)(H,34,40)(H2,41,42,43)/t20-,24+,25+,26+/m1/s1. The highest BCUT2D eigenvalue weighted by atomic mass is 31.2. The van der Waals surface area contributed by atoms with E-state index in [0.717, 1.165) is 51.9 Å². The fraction of sp³-hybridized carbons (Fsp3) is 0.552. The van der Waals surface area contributed by atoms with Crippen LogP contribution in [0.4, 0.5) is 0 Å². The van der Waals surface area contributed by atoms with Crippen LogP contribution in [-0.4, -0.2) is 78.9 Å². The first-order valence-corrected chi connectivity index (χ1v) is 16.4. The number of nitrogens with zero attached hydrogens (tertiary/aromatic N) is 2. The van der Waals surface area contributed by atoms with Crippen LogP contribution in [0, 0.1) is 0 Å². The molecule has 0 radical (unpaired) electrons. The van der Waals surface area contributed by atoms with E-state index in [2.05, 4.69) is 49.7 Å². The molecule has 250 valence electrons. The Balaban J connectivity index is 1.91. The number of imidazole rings is 1. The summed E-state index contributed by atoms with van der Waals surface area (Å²) in [5.41, 5.74) is 7.27. The van der Waals surface area contributed by atoms with E-state index in [1.54, 1.807) is 12.5 Å². The van der Waals surface area contributed by atoms with Crippen molar-refractivity contribution in [2.24, 2.45) is 5.73 Å². The van der Waals surface area contributed by atoms with Crippen molar-refractivity contribution in [1.82, 2.24) is 25.5 Å². The van der Waals surface area contributed by atoms with Crippen LogP contribution in [0.2, 0.25) is 0 Å². The number of hydrogen-bond donors (Lipinski definition) is 7. The summed E-state index contributed by atoms with van der Waals surface area (Å²) in [6, 6.07) is 6.00. The van der Waals surface area contributed by atoms with Gasteiger partial charge in [0.05, 0.1) is 19.0 Å². The third kappa shape index (κ3) is 14.4. The normalized spacial score (nSPS) is 14.2. The molecular weight excluding hydrogens is 607 g/mol. The lowest BCUT2D eigenvalue weighted by Gasteiger charge is -2.26. The number of hydrogen-bond acceptors (Lipinski definition) is 8. The van der Waals surface area contributed by atoms with Crippen molar-refractivity contribution in [2.75, 3.05) is 6.61 Å². The molecule has 1 aromatic carbocycles. The number of primary amides is 1. The molecule has 15 nitrogen and oxygen atoms in total. The zero-order chi connectivity index (χ0) is 33.4. The second-order valence-electron chi connectivity index (χ2n) is 10.8. The predicted octanol–water partition coefficient (Wildman–Crippen LogP) is 0.459. The SMILES string of the molecule is CC(=O)N[C@@H](Cc1cncn1CCCCCCCCc1ccccc1)C(=O)N[C@@H](CO)C(=O)N[C@H](C(N)=O)[C@@H](C)OP(=O)(O)O. The number of benzene rings is 1. The minimum absolute atomic E-state index is 0.0434. The van der Waals surface area contributed by atoms with E-state index in [4.69, 9.17) is 15.5 Å². The molecule has 0 unspecified atom stereocenters. The Kier molecular flexibility index (Phi) is 15.9. The number of phosphoric acid groups is 1. The number of aromatic nitrogens is 2. The Morgan fingerprint density at radius 1 is 0.956 bits per heavy atom. The molecule has 1 heterocycles. The molecule has 0 bridgehead atoms. The highest BCUT2D eigenvalue weighted by Gasteiger charge is 2.34. The predicted molar refractivity (Wildman–Crippen MR) is 164 cm³/mol. The van der Waals surface area contributed by atoms with Crippen LogP contribution in [0.15, 0.2) is 42.9 Å². The van der Waals surface area contributed by atoms with Gasteiger partial charge in [-0.25, -0.2) is 9.55 Å². The minimum Gasteiger partial charge on any atom is -0.394 e. The largest absolute Gasteiger partial charge is 0.469 e. The molecule has 2 rings (SSSR count). The quantitative estimate of drug-likeness (QED) is 0.0727. The zero-order valence-electron chi connectivity index (χ0n) is 25.6. The number of phosphoric ester groups is 1. The van der Waals surface area contributed by atoms with Gasteiger partial charge in [-0.3, -0.25) is 23.7 Å². The van der Waals surface area contributed by atoms with Gasteiger partial charge in [0.25, 0.3) is 0 Å². The van der Waals surface area contributed by atoms with Crippen LogP contribution >= 0.6 is 7.82 Å². The Morgan fingerprint density at radius 2 is 1.58 bits per heavy atom. The van der Waals surface area contributed by atoms with E-state index in [-0.39, 0.29) is 6.42 Å². The van der Waals surface area contributed by atoms with Gasteiger partial charge in [0, 0.05) is 31.8 Å². The van der Waals surface area contributed by atoms with Gasteiger partial charge in [-0.1, -0.05) is 56.0 Å². The third-order valence-corrected chi connectivity index (χ3v) is 7.66. The fourth-order valence-corrected chi connectivity index (χ4v) is 5.32. The Morgan fingerprint density at radius 3 is 2.18 bits per heavy atom. The zero-order valence-corrected chi connectivity index (χ0v) is 26.5. The lowest BCUT2D eigenvalue weighted by Crippen LogP contribution is -2.59. The maximum Gasteiger partial charge on any atom is 0.469 e. The smallest absolute Gasteiger partial charge is 0.394 e. The molecule has 4 atom stereocenters. The summed E-state index contributed by atoms with van der Waals surface area (Å²) in [4.78, 5) is 71.8. The maximum atomic E-state index is 13.1. The van der Waals surface area contributed by atoms with Crippen molar-refractivity contribution in [3.63, 3.8) is 0 Å². The van der Waals surface area contributed by atoms with Crippen molar-refractivity contribution in [3.8, 4) is 0 Å². The second-order valence-corrected chi connectivity index (χ2v) is 12.0. The number of unbranched alkanes of at least 4 members (excludes halogenated alkanes) is 5. The molecule has 1 aromatic heterocycles. The molecule has 0 saturated heterocycles. The molecular formula is C29H45N6O9P. The average Bonchev–Trinajstić information content (AvgIpc) is 3.41. The molecule has 2 aromatic rings. The first-order valence-electron chi connectivity index (χ1n) is 14.9. The van der Waals surface area contributed by atoms with E-state index >= 15 is 0 Å². The summed E-state index contributed by atoms with van der Waals surface area (Å²) >= 11 is 0. The molecule has 0 aliphatic carbocycles. The molecule has 16 heteroatoms. The molecule has 0 spiro atoms. The summed E-state index contributed by atoms with van der Waals surface area (Å²) in [6.07, 6.45) is 9.29. The van der Waals surface area contributed by atoms with Crippen LogP contribution < -0.4 is 21.7 Å². The van der Waals surface area contributed by atoms with E-state index in [9.17, 15) is 28.8 Å². The molecule has 4 amide bonds. The summed E-state index contributed by atoms with van der Waals surface area (Å²) in [5.74, 6) is -3.53. The number of rotatable bonds is 21. The van der Waals surface area contributed by atoms with Gasteiger partial charge in [0.2, 0.25) is 23.6 Å². The monoisotopic (exact) mass is 652 g/mol. The highest BCUT2D eigenvalue weighted by molar-refractivity contribution is 7.46. The molecule has 0 fully saturated rings. The average molecular weight is 653 g/mol. The van der Waals surface area contributed by atoms with Gasteiger partial charge in [0.15, 0.2) is 0 Å². The van der Waals surface area contributed by atoms with Crippen molar-refractivity contribution >= 4 is 31.5 Å². The van der Waals surface area contributed by atoms with Crippen LogP contribution in [0.25, 0.3) is 0 Å². The Bertz CT molecular complexity index is 1290. The Hall–Kier alpha value is -3.62. The number of nitrogens with one attached hydrogen (secondary N) is 3. The van der Waals surface area contributed by atoms with Crippen molar-refractivity contribution < 1.29 is 43.2 Å². The minimum atomic E-state index is -5.02. The van der Waals surface area contributed by atoms with Gasteiger partial charge in [0.1, 0.15) is 18.1 Å². The van der Waals surface area contributed by atoms with E-state index in [0.29, 0.717) is 12.2 Å². The van der Waals surface area contributed by atoms with Gasteiger partial charge >= 0.3 is 7.82 Å². The first kappa shape index (κ1) is 37.6. The number of carbonyl (C=O) groups is 4. The number of amides is 4. The van der Waals surface area contributed by atoms with Crippen molar-refractivity contribution in [2.45, 2.75) is 96.0 Å². The highest BCUT2D eigenvalue weighted by Crippen LogP contribution is 2.38. The van der Waals surface area contributed by atoms with Crippen LogP contribution in [0.3, 0.4) is 0 Å². The Labute approximate surface area is 262 Å². The number of nitrogens with two attached hydrogens (primary N) is 1. The topological polar surface area (TPSA) is 235 Å². The van der Waals surface area contributed by atoms with E-state index in [1.165, 1.54) is 12.5 Å². The van der Waals surface area contributed by atoms with Crippen molar-refractivity contribution in [1.29, 1.82) is 0 Å². The summed E-state index contributed by atoms with van der Waals surface area (Å²) in [7, 11) is -5.02. The molecule has 8 N–H and O–H groups in total. The number of aliphatic hydroxyl groups is 1. The maximum absolute atomic E-state index is 13.1. The summed E-state index contributed by atoms with van der Waals surface area (Å²) in [5, 5.41) is 16.8. The van der Waals surface area contributed by atoms with E-state index < -0.39 is 62.3 Å². The van der Waals surface area contributed by atoms with E-state index in [1.807, 2.05) is 10.6 Å². The lowest BCUT2D eigenvalue weighted by atomic mass is 10.0. The molecule has 0 aliphatic rings. The fourth-order valence-electron chi connectivity index (χ4n) is 4.76. The second kappa shape index (κ2) is 19.0. The van der Waals surface area contributed by atoms with Gasteiger partial charge in [-0.2, -0.15) is 0 Å². The van der Waals surface area contributed by atoms with Gasteiger partial charge in [-0.15, -0.1) is 0 Å². The summed E-state index contributed by atoms with van der Waals surface area (Å²) in [6.45, 7) is 2.10. The third-order valence-electron chi connectivity index (χ3n) is 7.06. The first-order chi connectivity index (χ1) is 21.3. The van der Waals surface area contributed by atoms with Crippen LogP contribution in [-0.2, 0) is 47.7 Å². The van der Waals surface area contributed by atoms with Crippen LogP contribution in [0.1, 0.15) is 63.6 Å². The molecule has 45 heavy (non-hydrogen) atoms. The van der Waals surface area contributed by atoms with Crippen molar-refractivity contribution in [3.05, 3.63) is 54.1 Å². The van der Waals surface area contributed by atoms with Gasteiger partial charge < -0.3 is 41.1 Å². The molecule has 0 saturated carbocycles. The van der Waals surface area contributed by atoms with Crippen LogP contribution in [0.5, 0.6) is 0 Å². The number of aliphatic hydroxyl groups excluding tert-OH is 1.